The van der Waals surface area contributed by atoms with Crippen molar-refractivity contribution in [2.75, 3.05) is 10.7 Å². The molecule has 1 amide bonds. The number of pyridine rings is 1. The molecule has 0 fully saturated rings. The zero-order valence-corrected chi connectivity index (χ0v) is 13.2. The standard InChI is InChI=1S/C17H16N4OS/c22-17(12-23-16-6-8-18-9-7-16)21(11-14-10-19-13-20-14)15-4-2-1-3-5-15/h1-10,13H,11-12H2,(H,19,20). The van der Waals surface area contributed by atoms with Crippen molar-refractivity contribution in [1.82, 2.24) is 15.0 Å². The van der Waals surface area contributed by atoms with Crippen molar-refractivity contribution in [3.05, 3.63) is 73.1 Å². The van der Waals surface area contributed by atoms with Crippen LogP contribution >= 0.6 is 11.8 Å². The van der Waals surface area contributed by atoms with Crippen LogP contribution in [0.2, 0.25) is 0 Å². The Kier molecular flexibility index (Phi) is 5.06. The molecule has 2 heterocycles. The van der Waals surface area contributed by atoms with E-state index in [4.69, 9.17) is 0 Å². The molecule has 1 aromatic carbocycles. The number of amides is 1. The number of hydrogen-bond donors (Lipinski definition) is 1. The molecule has 0 radical (unpaired) electrons. The van der Waals surface area contributed by atoms with Gasteiger partial charge in [-0.25, -0.2) is 4.98 Å². The number of carbonyl (C=O) groups excluding carboxylic acids is 1. The monoisotopic (exact) mass is 324 g/mol. The van der Waals surface area contributed by atoms with Gasteiger partial charge >= 0.3 is 0 Å². The maximum atomic E-state index is 12.7. The molecule has 0 saturated carbocycles. The van der Waals surface area contributed by atoms with Crippen LogP contribution in [0.5, 0.6) is 0 Å². The minimum Gasteiger partial charge on any atom is -0.347 e. The third kappa shape index (κ3) is 4.20. The van der Waals surface area contributed by atoms with Gasteiger partial charge in [0, 0.05) is 29.2 Å². The van der Waals surface area contributed by atoms with Gasteiger partial charge in [-0.3, -0.25) is 9.78 Å². The third-order valence-electron chi connectivity index (χ3n) is 3.26. The van der Waals surface area contributed by atoms with Crippen molar-refractivity contribution in [3.63, 3.8) is 0 Å². The Morgan fingerprint density at radius 2 is 1.87 bits per heavy atom. The van der Waals surface area contributed by atoms with Gasteiger partial charge in [0.15, 0.2) is 0 Å². The van der Waals surface area contributed by atoms with Gasteiger partial charge in [0.05, 0.1) is 24.3 Å². The summed E-state index contributed by atoms with van der Waals surface area (Å²) in [6.45, 7) is 0.472. The molecule has 2 aromatic heterocycles. The maximum absolute atomic E-state index is 12.7. The fourth-order valence-electron chi connectivity index (χ4n) is 2.13. The van der Waals surface area contributed by atoms with Gasteiger partial charge in [0.1, 0.15) is 0 Å². The molecule has 1 N–H and O–H groups in total. The molecule has 0 aliphatic rings. The second kappa shape index (κ2) is 7.60. The van der Waals surface area contributed by atoms with Crippen LogP contribution in [0.15, 0.2) is 72.3 Å². The first-order valence-corrected chi connectivity index (χ1v) is 8.17. The Morgan fingerprint density at radius 3 is 2.57 bits per heavy atom. The number of anilines is 1. The first kappa shape index (κ1) is 15.3. The number of imidazole rings is 1. The number of H-pyrrole nitrogens is 1. The summed E-state index contributed by atoms with van der Waals surface area (Å²) in [6, 6.07) is 13.5. The van der Waals surface area contributed by atoms with Crippen LogP contribution in [0.3, 0.4) is 0 Å². The predicted molar refractivity (Wildman–Crippen MR) is 91.2 cm³/mol. The van der Waals surface area contributed by atoms with Crippen molar-refractivity contribution in [3.8, 4) is 0 Å². The summed E-state index contributed by atoms with van der Waals surface area (Å²) in [5, 5.41) is 0. The van der Waals surface area contributed by atoms with Gasteiger partial charge in [0.2, 0.25) is 5.91 Å². The lowest BCUT2D eigenvalue weighted by atomic mass is 10.2. The lowest BCUT2D eigenvalue weighted by Gasteiger charge is -2.22. The Balaban J connectivity index is 1.73. The number of benzene rings is 1. The molecule has 6 heteroatoms. The van der Waals surface area contributed by atoms with Gasteiger partial charge < -0.3 is 9.88 Å². The van der Waals surface area contributed by atoms with E-state index in [1.165, 1.54) is 11.8 Å². The molecule has 0 aliphatic heterocycles. The van der Waals surface area contributed by atoms with Crippen LogP contribution in [0.4, 0.5) is 5.69 Å². The van der Waals surface area contributed by atoms with Gasteiger partial charge in [-0.15, -0.1) is 11.8 Å². The lowest BCUT2D eigenvalue weighted by molar-refractivity contribution is -0.116. The minimum absolute atomic E-state index is 0.0487. The highest BCUT2D eigenvalue weighted by Gasteiger charge is 2.17. The molecule has 0 saturated heterocycles. The summed E-state index contributed by atoms with van der Waals surface area (Å²) in [5.41, 5.74) is 1.78. The number of para-hydroxylation sites is 1. The molecular formula is C17H16N4OS. The molecule has 0 unspecified atom stereocenters. The van der Waals surface area contributed by atoms with Crippen LogP contribution in [0.25, 0.3) is 0 Å². The van der Waals surface area contributed by atoms with Gasteiger partial charge in [0.25, 0.3) is 0 Å². The van der Waals surface area contributed by atoms with Gasteiger partial charge in [-0.2, -0.15) is 0 Å². The van der Waals surface area contributed by atoms with E-state index >= 15 is 0 Å². The highest BCUT2D eigenvalue weighted by Crippen LogP contribution is 2.21. The maximum Gasteiger partial charge on any atom is 0.237 e. The largest absolute Gasteiger partial charge is 0.347 e. The van der Waals surface area contributed by atoms with Crippen molar-refractivity contribution < 1.29 is 4.79 Å². The van der Waals surface area contributed by atoms with Crippen LogP contribution in [0.1, 0.15) is 5.69 Å². The first-order valence-electron chi connectivity index (χ1n) is 7.18. The quantitative estimate of drug-likeness (QED) is 0.708. The minimum atomic E-state index is 0.0487. The third-order valence-corrected chi connectivity index (χ3v) is 4.26. The molecule has 116 valence electrons. The molecule has 0 bridgehead atoms. The van der Waals surface area contributed by atoms with E-state index in [-0.39, 0.29) is 5.91 Å². The van der Waals surface area contributed by atoms with E-state index in [1.54, 1.807) is 29.8 Å². The molecule has 0 aliphatic carbocycles. The molecule has 0 atom stereocenters. The number of aromatic amines is 1. The fourth-order valence-corrected chi connectivity index (χ4v) is 2.89. The van der Waals surface area contributed by atoms with Crippen molar-refractivity contribution in [2.24, 2.45) is 0 Å². The number of hydrogen-bond acceptors (Lipinski definition) is 4. The molecular weight excluding hydrogens is 308 g/mol. The Bertz CT molecular complexity index is 732. The zero-order valence-electron chi connectivity index (χ0n) is 12.4. The highest BCUT2D eigenvalue weighted by atomic mass is 32.2. The van der Waals surface area contributed by atoms with Crippen molar-refractivity contribution in [2.45, 2.75) is 11.4 Å². The van der Waals surface area contributed by atoms with Crippen molar-refractivity contribution >= 4 is 23.4 Å². The Hall–Kier alpha value is -2.60. The van der Waals surface area contributed by atoms with E-state index in [9.17, 15) is 4.79 Å². The van der Waals surface area contributed by atoms with Crippen LogP contribution in [-0.4, -0.2) is 26.6 Å². The number of nitrogens with zero attached hydrogens (tertiary/aromatic N) is 3. The molecule has 0 spiro atoms. The molecule has 23 heavy (non-hydrogen) atoms. The fraction of sp³-hybridized carbons (Fsp3) is 0.118. The zero-order chi connectivity index (χ0) is 15.9. The predicted octanol–water partition coefficient (Wildman–Crippen LogP) is 3.13. The van der Waals surface area contributed by atoms with Gasteiger partial charge in [-0.05, 0) is 24.3 Å². The van der Waals surface area contributed by atoms with Crippen LogP contribution in [0, 0.1) is 0 Å². The van der Waals surface area contributed by atoms with Gasteiger partial charge in [-0.1, -0.05) is 18.2 Å². The van der Waals surface area contributed by atoms with Crippen molar-refractivity contribution in [1.29, 1.82) is 0 Å². The smallest absolute Gasteiger partial charge is 0.237 e. The normalized spacial score (nSPS) is 10.4. The lowest BCUT2D eigenvalue weighted by Crippen LogP contribution is -2.32. The summed E-state index contributed by atoms with van der Waals surface area (Å²) in [4.78, 5) is 26.5. The number of thioether (sulfide) groups is 1. The number of nitrogens with one attached hydrogen (secondary N) is 1. The topological polar surface area (TPSA) is 61.9 Å². The number of rotatable bonds is 6. The van der Waals surface area contributed by atoms with E-state index in [0.29, 0.717) is 12.3 Å². The average molecular weight is 324 g/mol. The Morgan fingerprint density at radius 1 is 1.09 bits per heavy atom. The summed E-state index contributed by atoms with van der Waals surface area (Å²) in [7, 11) is 0. The molecule has 3 aromatic rings. The van der Waals surface area contributed by atoms with E-state index in [0.717, 1.165) is 16.3 Å². The number of aromatic nitrogens is 3. The SMILES string of the molecule is O=C(CSc1ccncc1)N(Cc1cnc[nH]1)c1ccccc1. The second-order valence-electron chi connectivity index (χ2n) is 4.86. The van der Waals surface area contributed by atoms with Crippen LogP contribution < -0.4 is 4.90 Å². The molecule has 3 rings (SSSR count). The second-order valence-corrected chi connectivity index (χ2v) is 5.91. The summed E-state index contributed by atoms with van der Waals surface area (Å²) in [5.74, 6) is 0.417. The average Bonchev–Trinajstić information content (AvgIpc) is 3.12. The summed E-state index contributed by atoms with van der Waals surface area (Å²) >= 11 is 1.51. The van der Waals surface area contributed by atoms with E-state index in [2.05, 4.69) is 15.0 Å². The number of carbonyl (C=O) groups is 1. The van der Waals surface area contributed by atoms with E-state index in [1.807, 2.05) is 42.5 Å². The van der Waals surface area contributed by atoms with Crippen LogP contribution in [-0.2, 0) is 11.3 Å². The first-order chi connectivity index (χ1) is 11.3. The highest BCUT2D eigenvalue weighted by molar-refractivity contribution is 8.00. The summed E-state index contributed by atoms with van der Waals surface area (Å²) in [6.07, 6.45) is 6.81. The van der Waals surface area contributed by atoms with E-state index < -0.39 is 0 Å². The summed E-state index contributed by atoms with van der Waals surface area (Å²) < 4.78 is 0. The molecule has 5 nitrogen and oxygen atoms in total. The Labute approximate surface area is 138 Å².